The summed E-state index contributed by atoms with van der Waals surface area (Å²) in [6.07, 6.45) is 6.04. The second-order valence-electron chi connectivity index (χ2n) is 6.70. The van der Waals surface area contributed by atoms with Gasteiger partial charge in [0.25, 0.3) is 0 Å². The van der Waals surface area contributed by atoms with Crippen LogP contribution in [0.3, 0.4) is 0 Å². The van der Waals surface area contributed by atoms with Crippen LogP contribution >= 0.6 is 12.2 Å². The molecule has 1 fully saturated rings. The van der Waals surface area contributed by atoms with E-state index in [1.165, 1.54) is 31.4 Å². The van der Waals surface area contributed by atoms with Crippen molar-refractivity contribution in [3.05, 3.63) is 59.9 Å². The lowest BCUT2D eigenvalue weighted by atomic mass is 9.94. The molecule has 2 aromatic carbocycles. The number of thiocarbonyl (C=S) groups is 1. The first-order chi connectivity index (χ1) is 12.7. The average Bonchev–Trinajstić information content (AvgIpc) is 2.68. The molecule has 0 atom stereocenters. The lowest BCUT2D eigenvalue weighted by Crippen LogP contribution is -2.43. The number of benzene rings is 2. The quantitative estimate of drug-likeness (QED) is 0.714. The van der Waals surface area contributed by atoms with E-state index >= 15 is 0 Å². The van der Waals surface area contributed by atoms with Gasteiger partial charge in [0.1, 0.15) is 11.6 Å². The highest BCUT2D eigenvalue weighted by molar-refractivity contribution is 7.80. The van der Waals surface area contributed by atoms with Gasteiger partial charge in [0.15, 0.2) is 5.11 Å². The van der Waals surface area contributed by atoms with Crippen molar-refractivity contribution < 1.29 is 9.13 Å². The highest BCUT2D eigenvalue weighted by Gasteiger charge is 2.23. The number of ether oxygens (including phenoxy) is 1. The van der Waals surface area contributed by atoms with Crippen molar-refractivity contribution in [1.29, 1.82) is 0 Å². The smallest absolute Gasteiger partial charge is 0.173 e. The van der Waals surface area contributed by atoms with E-state index in [4.69, 9.17) is 17.0 Å². The van der Waals surface area contributed by atoms with E-state index in [1.807, 2.05) is 36.4 Å². The average molecular weight is 373 g/mol. The van der Waals surface area contributed by atoms with Crippen LogP contribution in [0.5, 0.6) is 5.75 Å². The molecule has 0 unspecified atom stereocenters. The standard InChI is InChI=1S/C21H25FN2OS/c1-25-20-13-11-18(12-14-20)23-21(26)24(19-5-3-2-4-6-19)15-16-7-9-17(22)10-8-16/h7-14,19H,2-6,15H2,1H3,(H,23,26). The molecule has 1 saturated carbocycles. The minimum absolute atomic E-state index is 0.211. The maximum absolute atomic E-state index is 13.2. The maximum atomic E-state index is 13.2. The molecule has 0 amide bonds. The molecular weight excluding hydrogens is 347 g/mol. The summed E-state index contributed by atoms with van der Waals surface area (Å²) in [6.45, 7) is 0.687. The van der Waals surface area contributed by atoms with Gasteiger partial charge >= 0.3 is 0 Å². The van der Waals surface area contributed by atoms with E-state index in [1.54, 1.807) is 7.11 Å². The fraction of sp³-hybridized carbons (Fsp3) is 0.381. The Morgan fingerprint density at radius 1 is 1.08 bits per heavy atom. The molecule has 1 aliphatic carbocycles. The zero-order valence-electron chi connectivity index (χ0n) is 15.1. The zero-order chi connectivity index (χ0) is 18.4. The minimum Gasteiger partial charge on any atom is -0.497 e. The van der Waals surface area contributed by atoms with E-state index < -0.39 is 0 Å². The van der Waals surface area contributed by atoms with Gasteiger partial charge in [0.05, 0.1) is 7.11 Å². The summed E-state index contributed by atoms with van der Waals surface area (Å²) in [5, 5.41) is 4.06. The van der Waals surface area contributed by atoms with Gasteiger partial charge < -0.3 is 15.0 Å². The highest BCUT2D eigenvalue weighted by Crippen LogP contribution is 2.25. The van der Waals surface area contributed by atoms with Gasteiger partial charge in [-0.15, -0.1) is 0 Å². The minimum atomic E-state index is -0.211. The Kier molecular flexibility index (Phi) is 6.45. The molecular formula is C21H25FN2OS. The van der Waals surface area contributed by atoms with Crippen LogP contribution < -0.4 is 10.1 Å². The Bertz CT molecular complexity index is 712. The fourth-order valence-electron chi connectivity index (χ4n) is 3.42. The number of anilines is 1. The molecule has 2 aromatic rings. The van der Waals surface area contributed by atoms with Crippen LogP contribution in [0.15, 0.2) is 48.5 Å². The van der Waals surface area contributed by atoms with Crippen molar-refractivity contribution in [1.82, 2.24) is 4.90 Å². The molecule has 1 N–H and O–H groups in total. The molecule has 3 rings (SSSR count). The van der Waals surface area contributed by atoms with E-state index in [0.717, 1.165) is 29.8 Å². The third kappa shape index (κ3) is 4.94. The first kappa shape index (κ1) is 18.6. The normalized spacial score (nSPS) is 14.7. The van der Waals surface area contributed by atoms with Crippen molar-refractivity contribution in [2.45, 2.75) is 44.7 Å². The molecule has 3 nitrogen and oxygen atoms in total. The van der Waals surface area contributed by atoms with Crippen LogP contribution in [-0.4, -0.2) is 23.2 Å². The molecule has 0 aromatic heterocycles. The molecule has 1 aliphatic rings. The largest absolute Gasteiger partial charge is 0.497 e. The van der Waals surface area contributed by atoms with E-state index in [9.17, 15) is 4.39 Å². The number of hydrogen-bond donors (Lipinski definition) is 1. The van der Waals surface area contributed by atoms with Crippen LogP contribution in [-0.2, 0) is 6.54 Å². The molecule has 26 heavy (non-hydrogen) atoms. The first-order valence-electron chi connectivity index (χ1n) is 9.12. The number of halogens is 1. The molecule has 0 heterocycles. The highest BCUT2D eigenvalue weighted by atomic mass is 32.1. The fourth-order valence-corrected chi connectivity index (χ4v) is 3.75. The van der Waals surface area contributed by atoms with Crippen LogP contribution in [0, 0.1) is 5.82 Å². The second-order valence-corrected chi connectivity index (χ2v) is 7.09. The number of hydrogen-bond acceptors (Lipinski definition) is 2. The molecule has 0 saturated heterocycles. The van der Waals surface area contributed by atoms with Crippen molar-refractivity contribution in [2.75, 3.05) is 12.4 Å². The Morgan fingerprint density at radius 3 is 2.35 bits per heavy atom. The summed E-state index contributed by atoms with van der Waals surface area (Å²) in [5.41, 5.74) is 2.01. The summed E-state index contributed by atoms with van der Waals surface area (Å²) < 4.78 is 18.4. The van der Waals surface area contributed by atoms with Crippen molar-refractivity contribution in [2.24, 2.45) is 0 Å². The lowest BCUT2D eigenvalue weighted by molar-refractivity contribution is 0.240. The Morgan fingerprint density at radius 2 is 1.73 bits per heavy atom. The SMILES string of the molecule is COc1ccc(NC(=S)N(Cc2ccc(F)cc2)C2CCCCC2)cc1. The predicted molar refractivity (Wildman–Crippen MR) is 108 cm³/mol. The molecule has 138 valence electrons. The number of nitrogens with zero attached hydrogens (tertiary/aromatic N) is 1. The van der Waals surface area contributed by atoms with Gasteiger partial charge in [-0.1, -0.05) is 31.4 Å². The third-order valence-corrected chi connectivity index (χ3v) is 5.22. The monoisotopic (exact) mass is 372 g/mol. The van der Waals surface area contributed by atoms with Gasteiger partial charge in [-0.05, 0) is 67.0 Å². The van der Waals surface area contributed by atoms with Gasteiger partial charge in [0.2, 0.25) is 0 Å². The lowest BCUT2D eigenvalue weighted by Gasteiger charge is -2.36. The van der Waals surface area contributed by atoms with Crippen molar-refractivity contribution in [3.63, 3.8) is 0 Å². The number of rotatable bonds is 5. The Hall–Kier alpha value is -2.14. The summed E-state index contributed by atoms with van der Waals surface area (Å²) in [6, 6.07) is 14.9. The van der Waals surface area contributed by atoms with Crippen molar-refractivity contribution >= 4 is 23.0 Å². The number of nitrogens with one attached hydrogen (secondary N) is 1. The summed E-state index contributed by atoms with van der Waals surface area (Å²) >= 11 is 5.73. The first-order valence-corrected chi connectivity index (χ1v) is 9.52. The Labute approximate surface area is 160 Å². The molecule has 0 bridgehead atoms. The number of methoxy groups -OCH3 is 1. The molecule has 5 heteroatoms. The van der Waals surface area contributed by atoms with Crippen LogP contribution in [0.25, 0.3) is 0 Å². The van der Waals surface area contributed by atoms with Crippen LogP contribution in [0.4, 0.5) is 10.1 Å². The van der Waals surface area contributed by atoms with Crippen LogP contribution in [0.1, 0.15) is 37.7 Å². The summed E-state index contributed by atoms with van der Waals surface area (Å²) in [7, 11) is 1.65. The van der Waals surface area contributed by atoms with Crippen molar-refractivity contribution in [3.8, 4) is 5.75 Å². The topological polar surface area (TPSA) is 24.5 Å². The maximum Gasteiger partial charge on any atom is 0.173 e. The summed E-state index contributed by atoms with van der Waals surface area (Å²) in [4.78, 5) is 2.26. The molecule has 0 spiro atoms. The second kappa shape index (κ2) is 8.99. The Balaban J connectivity index is 1.74. The van der Waals surface area contributed by atoms with Crippen LogP contribution in [0.2, 0.25) is 0 Å². The van der Waals surface area contributed by atoms with Gasteiger partial charge in [-0.25, -0.2) is 4.39 Å². The van der Waals surface area contributed by atoms with Gasteiger partial charge in [0, 0.05) is 18.3 Å². The predicted octanol–water partition coefficient (Wildman–Crippen LogP) is 5.37. The molecule has 0 aliphatic heterocycles. The third-order valence-electron chi connectivity index (χ3n) is 4.88. The van der Waals surface area contributed by atoms with Gasteiger partial charge in [-0.2, -0.15) is 0 Å². The molecule has 0 radical (unpaired) electrons. The van der Waals surface area contributed by atoms with Gasteiger partial charge in [-0.3, -0.25) is 0 Å². The van der Waals surface area contributed by atoms with E-state index in [2.05, 4.69) is 10.2 Å². The zero-order valence-corrected chi connectivity index (χ0v) is 15.9. The summed E-state index contributed by atoms with van der Waals surface area (Å²) in [5.74, 6) is 0.605. The van der Waals surface area contributed by atoms with E-state index in [0.29, 0.717) is 17.7 Å². The van der Waals surface area contributed by atoms with E-state index in [-0.39, 0.29) is 5.82 Å².